The zero-order valence-corrected chi connectivity index (χ0v) is 12.9. The van der Waals surface area contributed by atoms with E-state index in [1.165, 1.54) is 23.1 Å². The standard InChI is InChI=1S/C13H15FN4O3S/c1-13(2)7-18-12(21-8-13)11(6-16-18)22(19,20)17-10-3-4-15-5-9(10)14/h3-6H,7-8H2,1-2H3,(H,15,17). The fourth-order valence-electron chi connectivity index (χ4n) is 2.17. The molecule has 2 aromatic heterocycles. The fraction of sp³-hybridized carbons (Fsp3) is 0.385. The van der Waals surface area contributed by atoms with Gasteiger partial charge in [0.1, 0.15) is 0 Å². The van der Waals surface area contributed by atoms with Gasteiger partial charge in [-0.2, -0.15) is 5.10 Å². The van der Waals surface area contributed by atoms with Crippen LogP contribution in [0.3, 0.4) is 0 Å². The van der Waals surface area contributed by atoms with E-state index < -0.39 is 15.8 Å². The Morgan fingerprint density at radius 2 is 2.18 bits per heavy atom. The molecule has 1 aliphatic heterocycles. The predicted octanol–water partition coefficient (Wildman–Crippen LogP) is 1.64. The largest absolute Gasteiger partial charge is 0.476 e. The first kappa shape index (κ1) is 14.8. The van der Waals surface area contributed by atoms with Crippen LogP contribution in [0.15, 0.2) is 29.6 Å². The number of nitrogens with zero attached hydrogens (tertiary/aromatic N) is 3. The molecule has 0 radical (unpaired) electrons. The van der Waals surface area contributed by atoms with Gasteiger partial charge in [-0.15, -0.1) is 0 Å². The average molecular weight is 326 g/mol. The summed E-state index contributed by atoms with van der Waals surface area (Å²) in [6, 6.07) is 1.24. The van der Waals surface area contributed by atoms with Crippen LogP contribution in [-0.2, 0) is 16.6 Å². The summed E-state index contributed by atoms with van der Waals surface area (Å²) in [5, 5.41) is 4.05. The maximum Gasteiger partial charge on any atom is 0.268 e. The lowest BCUT2D eigenvalue weighted by atomic mass is 9.94. The number of nitrogens with one attached hydrogen (secondary N) is 1. The molecule has 2 aromatic rings. The lowest BCUT2D eigenvalue weighted by Gasteiger charge is -2.30. The van der Waals surface area contributed by atoms with Crippen molar-refractivity contribution in [1.29, 1.82) is 0 Å². The molecule has 0 bridgehead atoms. The van der Waals surface area contributed by atoms with Crippen molar-refractivity contribution in [2.45, 2.75) is 25.3 Å². The van der Waals surface area contributed by atoms with Gasteiger partial charge in [-0.25, -0.2) is 17.5 Å². The van der Waals surface area contributed by atoms with Crippen LogP contribution in [0.4, 0.5) is 10.1 Å². The summed E-state index contributed by atoms with van der Waals surface area (Å²) in [5.74, 6) is -0.588. The van der Waals surface area contributed by atoms with Gasteiger partial charge in [-0.1, -0.05) is 13.8 Å². The summed E-state index contributed by atoms with van der Waals surface area (Å²) in [6.07, 6.45) is 3.44. The highest BCUT2D eigenvalue weighted by Crippen LogP contribution is 2.33. The number of anilines is 1. The van der Waals surface area contributed by atoms with Crippen LogP contribution < -0.4 is 9.46 Å². The van der Waals surface area contributed by atoms with Crippen molar-refractivity contribution in [3.63, 3.8) is 0 Å². The topological polar surface area (TPSA) is 86.1 Å². The lowest BCUT2D eigenvalue weighted by Crippen LogP contribution is -2.33. The van der Waals surface area contributed by atoms with Gasteiger partial charge in [-0.3, -0.25) is 9.71 Å². The third kappa shape index (κ3) is 2.63. The zero-order chi connectivity index (χ0) is 16.0. The van der Waals surface area contributed by atoms with Crippen molar-refractivity contribution in [2.24, 2.45) is 5.41 Å². The minimum absolute atomic E-state index is 0.112. The maximum atomic E-state index is 13.6. The van der Waals surface area contributed by atoms with E-state index in [0.717, 1.165) is 6.20 Å². The Morgan fingerprint density at radius 1 is 1.41 bits per heavy atom. The minimum atomic E-state index is -4.00. The Hall–Kier alpha value is -2.16. The first-order chi connectivity index (χ1) is 10.3. The number of ether oxygens (including phenoxy) is 1. The Balaban J connectivity index is 1.95. The molecule has 0 aliphatic carbocycles. The van der Waals surface area contributed by atoms with Crippen molar-refractivity contribution in [3.05, 3.63) is 30.5 Å². The van der Waals surface area contributed by atoms with Gasteiger partial charge in [-0.05, 0) is 6.07 Å². The van der Waals surface area contributed by atoms with Crippen molar-refractivity contribution >= 4 is 15.7 Å². The molecule has 9 heteroatoms. The first-order valence-electron chi connectivity index (χ1n) is 6.59. The SMILES string of the molecule is CC1(C)COc2c(S(=O)(=O)Nc3ccncc3F)cnn2C1. The molecule has 0 amide bonds. The van der Waals surface area contributed by atoms with Crippen molar-refractivity contribution in [1.82, 2.24) is 14.8 Å². The molecule has 0 aromatic carbocycles. The number of aromatic nitrogens is 3. The molecule has 1 N–H and O–H groups in total. The Morgan fingerprint density at radius 3 is 2.91 bits per heavy atom. The number of hydrogen-bond donors (Lipinski definition) is 1. The Kier molecular flexibility index (Phi) is 3.32. The summed E-state index contributed by atoms with van der Waals surface area (Å²) in [4.78, 5) is 3.46. The quantitative estimate of drug-likeness (QED) is 0.926. The van der Waals surface area contributed by atoms with E-state index >= 15 is 0 Å². The van der Waals surface area contributed by atoms with Gasteiger partial charge < -0.3 is 4.74 Å². The van der Waals surface area contributed by atoms with E-state index in [9.17, 15) is 12.8 Å². The fourth-order valence-corrected chi connectivity index (χ4v) is 3.32. The molecular formula is C13H15FN4O3S. The van der Waals surface area contributed by atoms with E-state index in [-0.39, 0.29) is 21.9 Å². The normalized spacial score (nSPS) is 16.7. The molecule has 0 saturated heterocycles. The molecule has 7 nitrogen and oxygen atoms in total. The van der Waals surface area contributed by atoms with E-state index in [0.29, 0.717) is 13.2 Å². The monoisotopic (exact) mass is 326 g/mol. The van der Waals surface area contributed by atoms with Crippen LogP contribution in [0, 0.1) is 11.2 Å². The smallest absolute Gasteiger partial charge is 0.268 e. The second kappa shape index (κ2) is 4.94. The molecule has 0 fully saturated rings. The molecule has 1 aliphatic rings. The molecule has 3 rings (SSSR count). The van der Waals surface area contributed by atoms with Crippen molar-refractivity contribution in [3.8, 4) is 5.88 Å². The molecular weight excluding hydrogens is 311 g/mol. The summed E-state index contributed by atoms with van der Waals surface area (Å²) in [7, 11) is -4.00. The van der Waals surface area contributed by atoms with Gasteiger partial charge in [0, 0.05) is 11.6 Å². The van der Waals surface area contributed by atoms with E-state index in [1.54, 1.807) is 0 Å². The average Bonchev–Trinajstić information content (AvgIpc) is 2.83. The molecule has 3 heterocycles. The lowest BCUT2D eigenvalue weighted by molar-refractivity contribution is 0.0971. The van der Waals surface area contributed by atoms with Gasteiger partial charge in [0.2, 0.25) is 5.88 Å². The number of fused-ring (bicyclic) bond motifs is 1. The van der Waals surface area contributed by atoms with Crippen molar-refractivity contribution < 1.29 is 17.5 Å². The molecule has 22 heavy (non-hydrogen) atoms. The maximum absolute atomic E-state index is 13.6. The predicted molar refractivity (Wildman–Crippen MR) is 76.5 cm³/mol. The van der Waals surface area contributed by atoms with Gasteiger partial charge in [0.05, 0.1) is 31.2 Å². The first-order valence-corrected chi connectivity index (χ1v) is 8.08. The number of sulfonamides is 1. The molecule has 118 valence electrons. The van der Waals surface area contributed by atoms with Crippen molar-refractivity contribution in [2.75, 3.05) is 11.3 Å². The van der Waals surface area contributed by atoms with E-state index in [4.69, 9.17) is 4.74 Å². The van der Waals surface area contributed by atoms with Gasteiger partial charge in [0.15, 0.2) is 10.7 Å². The summed E-state index contributed by atoms with van der Waals surface area (Å²) >= 11 is 0. The zero-order valence-electron chi connectivity index (χ0n) is 12.1. The summed E-state index contributed by atoms with van der Waals surface area (Å²) in [5.41, 5.74) is -0.309. The highest BCUT2D eigenvalue weighted by atomic mass is 32.2. The van der Waals surface area contributed by atoms with Crippen LogP contribution in [0.2, 0.25) is 0 Å². The Bertz CT molecular complexity index is 816. The summed E-state index contributed by atoms with van der Waals surface area (Å²) < 4.78 is 47.6. The van der Waals surface area contributed by atoms with Crippen LogP contribution in [-0.4, -0.2) is 29.8 Å². The molecule has 0 saturated carbocycles. The second-order valence-corrected chi connectivity index (χ2v) is 7.54. The van der Waals surface area contributed by atoms with Crippen LogP contribution >= 0.6 is 0 Å². The van der Waals surface area contributed by atoms with Crippen LogP contribution in [0.1, 0.15) is 13.8 Å². The highest BCUT2D eigenvalue weighted by Gasteiger charge is 2.33. The van der Waals surface area contributed by atoms with Gasteiger partial charge in [0.25, 0.3) is 10.0 Å². The molecule has 0 atom stereocenters. The number of pyridine rings is 1. The van der Waals surface area contributed by atoms with Crippen LogP contribution in [0.5, 0.6) is 5.88 Å². The number of hydrogen-bond acceptors (Lipinski definition) is 5. The van der Waals surface area contributed by atoms with E-state index in [2.05, 4.69) is 14.8 Å². The minimum Gasteiger partial charge on any atom is -0.476 e. The Labute approximate surface area is 127 Å². The van der Waals surface area contributed by atoms with Gasteiger partial charge >= 0.3 is 0 Å². The molecule has 0 spiro atoms. The number of rotatable bonds is 3. The van der Waals surface area contributed by atoms with Crippen LogP contribution in [0.25, 0.3) is 0 Å². The third-order valence-corrected chi connectivity index (χ3v) is 4.59. The van der Waals surface area contributed by atoms with E-state index in [1.807, 2.05) is 13.8 Å². The highest BCUT2D eigenvalue weighted by molar-refractivity contribution is 7.92. The summed E-state index contributed by atoms with van der Waals surface area (Å²) in [6.45, 7) is 4.92. The third-order valence-electron chi connectivity index (χ3n) is 3.24. The number of halogens is 1. The molecule has 0 unspecified atom stereocenters. The second-order valence-electron chi connectivity index (χ2n) is 5.89.